The van der Waals surface area contributed by atoms with Gasteiger partial charge in [-0.2, -0.15) is 0 Å². The van der Waals surface area contributed by atoms with E-state index < -0.39 is 0 Å². The fourth-order valence-corrected chi connectivity index (χ4v) is 4.58. The summed E-state index contributed by atoms with van der Waals surface area (Å²) in [6, 6.07) is 7.05. The molecule has 1 saturated heterocycles. The summed E-state index contributed by atoms with van der Waals surface area (Å²) in [6.45, 7) is 0. The maximum Gasteiger partial charge on any atom is 0.150 e. The van der Waals surface area contributed by atoms with E-state index in [4.69, 9.17) is 4.84 Å². The highest BCUT2D eigenvalue weighted by Gasteiger charge is 2.10. The Balaban J connectivity index is 1.94. The van der Waals surface area contributed by atoms with Gasteiger partial charge in [-0.1, -0.05) is 4.60 Å². The lowest BCUT2D eigenvalue weighted by molar-refractivity contribution is 0.112. The Morgan fingerprint density at radius 1 is 1.20 bits per heavy atom. The molecule has 1 aromatic rings. The number of benzene rings is 1. The van der Waals surface area contributed by atoms with Crippen LogP contribution in [0.3, 0.4) is 0 Å². The molecule has 2 N–H and O–H groups in total. The molecule has 1 aromatic carbocycles. The smallest absolute Gasteiger partial charge is 0.150 e. The molecule has 0 aromatic heterocycles. The second-order valence-electron chi connectivity index (χ2n) is 2.67. The lowest BCUT2D eigenvalue weighted by atomic mass is 10.2. The summed E-state index contributed by atoms with van der Waals surface area (Å²) >= 11 is 0. The third-order valence-corrected chi connectivity index (χ3v) is 4.81. The molecule has 0 spiro atoms. The summed E-state index contributed by atoms with van der Waals surface area (Å²) in [5, 5.41) is 0. The molecule has 0 amide bonds. The van der Waals surface area contributed by atoms with E-state index in [1.807, 2.05) is 4.60 Å². The third-order valence-electron chi connectivity index (χ3n) is 1.65. The first-order valence-electron chi connectivity index (χ1n) is 4.18. The van der Waals surface area contributed by atoms with Crippen LogP contribution < -0.4 is 14.6 Å². The molecule has 2 unspecified atom stereocenters. The van der Waals surface area contributed by atoms with Crippen molar-refractivity contribution < 1.29 is 9.63 Å². The Labute approximate surface area is 93.0 Å². The molecule has 8 heteroatoms. The van der Waals surface area contributed by atoms with Gasteiger partial charge in [0.15, 0.2) is 0 Å². The molecule has 1 aliphatic heterocycles. The minimum atomic E-state index is 0.470. The summed E-state index contributed by atoms with van der Waals surface area (Å²) in [5.74, 6) is 0.745. The average Bonchev–Trinajstić information content (AvgIpc) is 2.31. The zero-order valence-corrected chi connectivity index (χ0v) is 10.7. The monoisotopic (exact) mass is 261 g/mol. The van der Waals surface area contributed by atoms with Crippen molar-refractivity contribution in [2.45, 2.75) is 0 Å². The number of carbonyl (C=O) groups is 1. The van der Waals surface area contributed by atoms with Crippen LogP contribution in [-0.4, -0.2) is 10.9 Å². The third kappa shape index (κ3) is 3.42. The van der Waals surface area contributed by atoms with Gasteiger partial charge < -0.3 is 4.84 Å². The first kappa shape index (κ1) is 11.3. The van der Waals surface area contributed by atoms with Gasteiger partial charge in [0.25, 0.3) is 0 Å². The lowest BCUT2D eigenvalue weighted by Crippen LogP contribution is -2.19. The summed E-state index contributed by atoms with van der Waals surface area (Å²) in [7, 11) is 1.54. The zero-order valence-electron chi connectivity index (χ0n) is 7.65. The van der Waals surface area contributed by atoms with Crippen LogP contribution in [0.4, 0.5) is 0 Å². The van der Waals surface area contributed by atoms with Crippen LogP contribution in [0, 0.1) is 0 Å². The molecule has 2 rings (SSSR count). The molecule has 0 radical (unpaired) electrons. The quantitative estimate of drug-likeness (QED) is 0.642. The van der Waals surface area contributed by atoms with Crippen molar-refractivity contribution in [2.75, 3.05) is 0 Å². The lowest BCUT2D eigenvalue weighted by Gasteiger charge is -2.26. The van der Waals surface area contributed by atoms with Gasteiger partial charge in [-0.05, 0) is 24.3 Å². The minimum absolute atomic E-state index is 0.470. The van der Waals surface area contributed by atoms with Gasteiger partial charge in [0.05, 0.1) is 17.8 Å². The molecule has 2 atom stereocenters. The van der Waals surface area contributed by atoms with Gasteiger partial charge in [0.1, 0.15) is 12.0 Å². The van der Waals surface area contributed by atoms with Crippen LogP contribution in [0.5, 0.6) is 5.75 Å². The molecule has 0 bridgehead atoms. The van der Waals surface area contributed by atoms with E-state index in [0.29, 0.717) is 32.2 Å². The van der Waals surface area contributed by atoms with Crippen LogP contribution >= 0.6 is 26.6 Å². The molecule has 15 heavy (non-hydrogen) atoms. The SMILES string of the molecule is O=Cc1ccc(ON2PNPNP2)cc1. The van der Waals surface area contributed by atoms with E-state index in [1.54, 1.807) is 24.3 Å². The van der Waals surface area contributed by atoms with E-state index in [0.717, 1.165) is 12.0 Å². The summed E-state index contributed by atoms with van der Waals surface area (Å²) in [4.78, 5) is 22.4. The molecule has 1 aliphatic rings. The van der Waals surface area contributed by atoms with E-state index in [-0.39, 0.29) is 0 Å². The predicted octanol–water partition coefficient (Wildman–Crippen LogP) is 1.81. The number of hydrogen-bond donors (Lipinski definition) is 2. The largest absolute Gasteiger partial charge is 0.397 e. The van der Waals surface area contributed by atoms with Crippen LogP contribution in [-0.2, 0) is 0 Å². The van der Waals surface area contributed by atoms with Gasteiger partial charge >= 0.3 is 0 Å². The second-order valence-corrected chi connectivity index (χ2v) is 6.63. The van der Waals surface area contributed by atoms with Crippen molar-refractivity contribution in [2.24, 2.45) is 0 Å². The standard InChI is InChI=1S/C7H10N3O2P3/c11-5-6-1-3-7(4-2-6)12-10-14-8-13-9-15-10/h1-5,8-9,13-15H. The highest BCUT2D eigenvalue weighted by Crippen LogP contribution is 2.37. The van der Waals surface area contributed by atoms with Gasteiger partial charge in [-0.25, -0.2) is 0 Å². The second kappa shape index (κ2) is 5.81. The Morgan fingerprint density at radius 3 is 2.47 bits per heavy atom. The Bertz CT molecular complexity index is 329. The number of carbonyl (C=O) groups excluding carboxylic acids is 1. The Kier molecular flexibility index (Phi) is 4.40. The number of nitrogens with zero attached hydrogens (tertiary/aromatic N) is 1. The number of aldehydes is 1. The van der Waals surface area contributed by atoms with Crippen molar-refractivity contribution >= 4 is 32.9 Å². The van der Waals surface area contributed by atoms with Crippen LogP contribution in [0.15, 0.2) is 24.3 Å². The molecule has 5 nitrogen and oxygen atoms in total. The van der Waals surface area contributed by atoms with Crippen molar-refractivity contribution in [3.8, 4) is 5.75 Å². The first-order valence-corrected chi connectivity index (χ1v) is 7.07. The van der Waals surface area contributed by atoms with Crippen molar-refractivity contribution in [3.63, 3.8) is 0 Å². The predicted molar refractivity (Wildman–Crippen MR) is 65.5 cm³/mol. The van der Waals surface area contributed by atoms with E-state index in [9.17, 15) is 4.79 Å². The van der Waals surface area contributed by atoms with Crippen molar-refractivity contribution in [3.05, 3.63) is 29.8 Å². The van der Waals surface area contributed by atoms with Crippen LogP contribution in [0.25, 0.3) is 0 Å². The molecular formula is C7H10N3O2P3. The molecule has 0 saturated carbocycles. The van der Waals surface area contributed by atoms with Crippen LogP contribution in [0.1, 0.15) is 10.4 Å². The summed E-state index contributed by atoms with van der Waals surface area (Å²) in [5.41, 5.74) is 0.656. The van der Waals surface area contributed by atoms with E-state index in [2.05, 4.69) is 9.72 Å². The number of rotatable bonds is 3. The number of hydrogen-bond acceptors (Lipinski definition) is 5. The van der Waals surface area contributed by atoms with Gasteiger partial charge in [-0.3, -0.25) is 14.5 Å². The van der Waals surface area contributed by atoms with Gasteiger partial charge in [-0.15, -0.1) is 0 Å². The van der Waals surface area contributed by atoms with Crippen molar-refractivity contribution in [1.82, 2.24) is 14.3 Å². The Morgan fingerprint density at radius 2 is 1.87 bits per heavy atom. The van der Waals surface area contributed by atoms with E-state index in [1.165, 1.54) is 0 Å². The maximum absolute atomic E-state index is 10.4. The zero-order chi connectivity index (χ0) is 10.5. The first-order chi connectivity index (χ1) is 7.38. The van der Waals surface area contributed by atoms with Crippen LogP contribution in [0.2, 0.25) is 0 Å². The average molecular weight is 261 g/mol. The normalized spacial score (nSPS) is 22.1. The van der Waals surface area contributed by atoms with Crippen molar-refractivity contribution in [1.29, 1.82) is 0 Å². The fourth-order valence-electron chi connectivity index (χ4n) is 0.975. The molecule has 1 fully saturated rings. The van der Waals surface area contributed by atoms with Gasteiger partial charge in [0.2, 0.25) is 0 Å². The highest BCUT2D eigenvalue weighted by atomic mass is 31.2. The highest BCUT2D eigenvalue weighted by molar-refractivity contribution is 7.65. The van der Waals surface area contributed by atoms with E-state index >= 15 is 0 Å². The fraction of sp³-hybridized carbons (Fsp3) is 0. The molecular weight excluding hydrogens is 251 g/mol. The van der Waals surface area contributed by atoms with Gasteiger partial charge in [0, 0.05) is 14.4 Å². The maximum atomic E-state index is 10.4. The minimum Gasteiger partial charge on any atom is -0.397 e. The Hall–Kier alpha value is -0.140. The molecule has 80 valence electrons. The summed E-state index contributed by atoms with van der Waals surface area (Å²) < 4.78 is 1.83. The molecule has 1 heterocycles. The molecule has 0 aliphatic carbocycles. The summed E-state index contributed by atoms with van der Waals surface area (Å²) in [6.07, 6.45) is 0.818. The number of nitrogens with one attached hydrogen (secondary N) is 2. The topological polar surface area (TPSA) is 53.6 Å².